The minimum absolute atomic E-state index is 0.915. The van der Waals surface area contributed by atoms with Crippen LogP contribution >= 0.6 is 0 Å². The van der Waals surface area contributed by atoms with Gasteiger partial charge in [-0.05, 0) is 30.7 Å². The molecule has 0 aliphatic heterocycles. The molecule has 0 bridgehead atoms. The number of nitrogens with zero attached hydrogens (tertiary/aromatic N) is 1. The third kappa shape index (κ3) is 1.27. The summed E-state index contributed by atoms with van der Waals surface area (Å²) < 4.78 is 0. The Balaban J connectivity index is 2.86. The van der Waals surface area contributed by atoms with Crippen molar-refractivity contribution in [3.8, 4) is 12.3 Å². The Morgan fingerprint density at radius 1 is 1.38 bits per heavy atom. The largest absolute Gasteiger partial charge is 0.256 e. The number of aromatic nitrogens is 1. The average molecular weight is 167 g/mol. The zero-order chi connectivity index (χ0) is 9.26. The van der Waals surface area contributed by atoms with E-state index in [1.807, 2.05) is 31.2 Å². The third-order valence-electron chi connectivity index (χ3n) is 2.06. The first-order valence-electron chi connectivity index (χ1n) is 4.13. The second-order valence-electron chi connectivity index (χ2n) is 3.01. The zero-order valence-electron chi connectivity index (χ0n) is 7.41. The Hall–Kier alpha value is -1.81. The number of hydrogen-bond donors (Lipinski definition) is 0. The molecule has 0 N–H and O–H groups in total. The van der Waals surface area contributed by atoms with Crippen LogP contribution in [0.2, 0.25) is 0 Å². The molecule has 0 aliphatic carbocycles. The van der Waals surface area contributed by atoms with Gasteiger partial charge in [0.2, 0.25) is 0 Å². The zero-order valence-corrected chi connectivity index (χ0v) is 7.41. The van der Waals surface area contributed by atoms with E-state index in [2.05, 4.69) is 10.9 Å². The van der Waals surface area contributed by atoms with Crippen LogP contribution in [0.1, 0.15) is 11.1 Å². The summed E-state index contributed by atoms with van der Waals surface area (Å²) in [5, 5.41) is 1.11. The van der Waals surface area contributed by atoms with E-state index >= 15 is 0 Å². The molecule has 0 radical (unpaired) electrons. The molecule has 1 nitrogen and oxygen atoms in total. The monoisotopic (exact) mass is 167 g/mol. The molecule has 1 aromatic carbocycles. The molecule has 2 aromatic rings. The summed E-state index contributed by atoms with van der Waals surface area (Å²) in [6, 6.07) is 7.91. The highest BCUT2D eigenvalue weighted by Gasteiger charge is 1.98. The summed E-state index contributed by atoms with van der Waals surface area (Å²) >= 11 is 0. The molecule has 0 unspecified atom stereocenters. The van der Waals surface area contributed by atoms with Crippen molar-refractivity contribution in [2.75, 3.05) is 0 Å². The molecular formula is C12H9N. The van der Waals surface area contributed by atoms with Crippen LogP contribution in [-0.4, -0.2) is 4.98 Å². The molecule has 1 heteroatoms. The van der Waals surface area contributed by atoms with Gasteiger partial charge in [0.1, 0.15) is 0 Å². The van der Waals surface area contributed by atoms with Crippen molar-refractivity contribution in [3.05, 3.63) is 41.6 Å². The van der Waals surface area contributed by atoms with Gasteiger partial charge in [-0.25, -0.2) is 0 Å². The molecule has 2 rings (SSSR count). The van der Waals surface area contributed by atoms with E-state index < -0.39 is 0 Å². The lowest BCUT2D eigenvalue weighted by molar-refractivity contribution is 1.36. The SMILES string of the molecule is C#Cc1cc(C)c2ncccc2c1. The summed E-state index contributed by atoms with van der Waals surface area (Å²) in [5.41, 5.74) is 3.07. The van der Waals surface area contributed by atoms with Crippen molar-refractivity contribution in [2.45, 2.75) is 6.92 Å². The number of terminal acetylenes is 1. The minimum Gasteiger partial charge on any atom is -0.256 e. The Labute approximate surface area is 77.4 Å². The molecule has 0 saturated heterocycles. The summed E-state index contributed by atoms with van der Waals surface area (Å²) in [6.07, 6.45) is 7.14. The van der Waals surface area contributed by atoms with Crippen molar-refractivity contribution in [2.24, 2.45) is 0 Å². The van der Waals surface area contributed by atoms with E-state index in [0.29, 0.717) is 0 Å². The second kappa shape index (κ2) is 2.91. The van der Waals surface area contributed by atoms with Gasteiger partial charge in [-0.3, -0.25) is 4.98 Å². The maximum Gasteiger partial charge on any atom is 0.0731 e. The maximum absolute atomic E-state index is 5.34. The standard InChI is InChI=1S/C12H9N/c1-3-10-7-9(2)12-11(8-10)5-4-6-13-12/h1,4-8H,2H3. The normalized spacial score (nSPS) is 9.85. The highest BCUT2D eigenvalue weighted by molar-refractivity contribution is 5.83. The number of rotatable bonds is 0. The number of hydrogen-bond acceptors (Lipinski definition) is 1. The Kier molecular flexibility index (Phi) is 1.75. The second-order valence-corrected chi connectivity index (χ2v) is 3.01. The number of pyridine rings is 1. The Morgan fingerprint density at radius 3 is 3.00 bits per heavy atom. The van der Waals surface area contributed by atoms with Crippen molar-refractivity contribution in [3.63, 3.8) is 0 Å². The van der Waals surface area contributed by atoms with Crippen LogP contribution < -0.4 is 0 Å². The van der Waals surface area contributed by atoms with Gasteiger partial charge in [-0.1, -0.05) is 12.0 Å². The lowest BCUT2D eigenvalue weighted by Crippen LogP contribution is -1.84. The van der Waals surface area contributed by atoms with Crippen LogP contribution in [0.5, 0.6) is 0 Å². The molecule has 0 fully saturated rings. The Morgan fingerprint density at radius 2 is 2.23 bits per heavy atom. The topological polar surface area (TPSA) is 12.9 Å². The van der Waals surface area contributed by atoms with Crippen LogP contribution in [0.15, 0.2) is 30.5 Å². The molecule has 13 heavy (non-hydrogen) atoms. The molecule has 1 heterocycles. The summed E-state index contributed by atoms with van der Waals surface area (Å²) in [4.78, 5) is 4.29. The number of benzene rings is 1. The van der Waals surface area contributed by atoms with Crippen molar-refractivity contribution >= 4 is 10.9 Å². The van der Waals surface area contributed by atoms with Crippen LogP contribution in [0.4, 0.5) is 0 Å². The fraction of sp³-hybridized carbons (Fsp3) is 0.0833. The average Bonchev–Trinajstić information content (AvgIpc) is 2.18. The van der Waals surface area contributed by atoms with Crippen LogP contribution in [0.3, 0.4) is 0 Å². The van der Waals surface area contributed by atoms with Crippen LogP contribution in [-0.2, 0) is 0 Å². The number of aryl methyl sites for hydroxylation is 1. The Bertz CT molecular complexity index is 492. The predicted octanol–water partition coefficient (Wildman–Crippen LogP) is 2.52. The molecule has 0 amide bonds. The first kappa shape index (κ1) is 7.82. The number of fused-ring (bicyclic) bond motifs is 1. The van der Waals surface area contributed by atoms with Gasteiger partial charge >= 0.3 is 0 Å². The molecule has 0 atom stereocenters. The van der Waals surface area contributed by atoms with Gasteiger partial charge in [0, 0.05) is 17.1 Å². The van der Waals surface area contributed by atoms with Gasteiger partial charge in [0.25, 0.3) is 0 Å². The van der Waals surface area contributed by atoms with Gasteiger partial charge in [-0.15, -0.1) is 6.42 Å². The highest BCUT2D eigenvalue weighted by Crippen LogP contribution is 2.17. The van der Waals surface area contributed by atoms with Gasteiger partial charge in [0.05, 0.1) is 5.52 Å². The van der Waals surface area contributed by atoms with E-state index in [4.69, 9.17) is 6.42 Å². The quantitative estimate of drug-likeness (QED) is 0.549. The van der Waals surface area contributed by atoms with Crippen molar-refractivity contribution < 1.29 is 0 Å². The first-order chi connectivity index (χ1) is 6.31. The summed E-state index contributed by atoms with van der Waals surface area (Å²) in [5.74, 6) is 2.63. The fourth-order valence-electron chi connectivity index (χ4n) is 1.46. The fourth-order valence-corrected chi connectivity index (χ4v) is 1.46. The molecule has 0 aliphatic rings. The van der Waals surface area contributed by atoms with Crippen LogP contribution in [0, 0.1) is 19.3 Å². The predicted molar refractivity (Wildman–Crippen MR) is 54.4 cm³/mol. The van der Waals surface area contributed by atoms with E-state index in [-0.39, 0.29) is 0 Å². The third-order valence-corrected chi connectivity index (χ3v) is 2.06. The molecule has 62 valence electrons. The van der Waals surface area contributed by atoms with E-state index in [1.165, 1.54) is 0 Å². The van der Waals surface area contributed by atoms with Crippen molar-refractivity contribution in [1.82, 2.24) is 4.98 Å². The van der Waals surface area contributed by atoms with Crippen molar-refractivity contribution in [1.29, 1.82) is 0 Å². The lowest BCUT2D eigenvalue weighted by Gasteiger charge is -2.01. The molecule has 0 saturated carbocycles. The maximum atomic E-state index is 5.34. The van der Waals surface area contributed by atoms with E-state index in [1.54, 1.807) is 6.20 Å². The highest BCUT2D eigenvalue weighted by atomic mass is 14.6. The smallest absolute Gasteiger partial charge is 0.0731 e. The minimum atomic E-state index is 0.915. The molecular weight excluding hydrogens is 158 g/mol. The lowest BCUT2D eigenvalue weighted by atomic mass is 10.1. The molecule has 1 aromatic heterocycles. The van der Waals surface area contributed by atoms with Gasteiger partial charge < -0.3 is 0 Å². The van der Waals surface area contributed by atoms with E-state index in [9.17, 15) is 0 Å². The van der Waals surface area contributed by atoms with Gasteiger partial charge in [0.15, 0.2) is 0 Å². The summed E-state index contributed by atoms with van der Waals surface area (Å²) in [6.45, 7) is 2.02. The first-order valence-corrected chi connectivity index (χ1v) is 4.13. The van der Waals surface area contributed by atoms with Gasteiger partial charge in [-0.2, -0.15) is 0 Å². The molecule has 0 spiro atoms. The summed E-state index contributed by atoms with van der Waals surface area (Å²) in [7, 11) is 0. The van der Waals surface area contributed by atoms with E-state index in [0.717, 1.165) is 22.0 Å². The van der Waals surface area contributed by atoms with Crippen LogP contribution in [0.25, 0.3) is 10.9 Å².